The fourth-order valence-electron chi connectivity index (χ4n) is 3.15. The Morgan fingerprint density at radius 1 is 1.13 bits per heavy atom. The molecular formula is C19H23N3O. The van der Waals surface area contributed by atoms with Gasteiger partial charge in [-0.2, -0.15) is 0 Å². The van der Waals surface area contributed by atoms with Crippen molar-refractivity contribution in [2.75, 3.05) is 7.05 Å². The number of fused-ring (bicyclic) bond motifs is 1. The highest BCUT2D eigenvalue weighted by atomic mass is 16.2. The van der Waals surface area contributed by atoms with Gasteiger partial charge in [0.25, 0.3) is 0 Å². The molecule has 1 fully saturated rings. The van der Waals surface area contributed by atoms with Crippen LogP contribution in [0.5, 0.6) is 0 Å². The predicted octanol–water partition coefficient (Wildman–Crippen LogP) is 3.82. The lowest BCUT2D eigenvalue weighted by atomic mass is 10.1. The molecule has 0 atom stereocenters. The fourth-order valence-corrected chi connectivity index (χ4v) is 3.15. The fraction of sp³-hybridized carbons (Fsp3) is 0.421. The summed E-state index contributed by atoms with van der Waals surface area (Å²) >= 11 is 0. The molecular weight excluding hydrogens is 286 g/mol. The summed E-state index contributed by atoms with van der Waals surface area (Å²) in [6, 6.07) is 8.12. The van der Waals surface area contributed by atoms with Gasteiger partial charge in [-0.3, -0.25) is 9.78 Å². The van der Waals surface area contributed by atoms with Gasteiger partial charge in [-0.1, -0.05) is 37.8 Å². The number of para-hydroxylation sites is 2. The molecule has 120 valence electrons. The van der Waals surface area contributed by atoms with E-state index in [4.69, 9.17) is 0 Å². The normalized spacial score (nSPS) is 16.6. The van der Waals surface area contributed by atoms with Gasteiger partial charge in [0.1, 0.15) is 0 Å². The van der Waals surface area contributed by atoms with Crippen molar-refractivity contribution in [1.82, 2.24) is 14.9 Å². The lowest BCUT2D eigenvalue weighted by Gasteiger charge is -2.26. The van der Waals surface area contributed by atoms with Crippen LogP contribution in [0.4, 0.5) is 0 Å². The molecule has 1 heterocycles. The van der Waals surface area contributed by atoms with Crippen LogP contribution in [0, 0.1) is 0 Å². The predicted molar refractivity (Wildman–Crippen MR) is 92.8 cm³/mol. The average molecular weight is 309 g/mol. The Morgan fingerprint density at radius 3 is 2.57 bits per heavy atom. The van der Waals surface area contributed by atoms with Crippen molar-refractivity contribution in [2.24, 2.45) is 0 Å². The molecule has 3 rings (SSSR count). The first-order valence-electron chi connectivity index (χ1n) is 8.41. The van der Waals surface area contributed by atoms with Gasteiger partial charge >= 0.3 is 0 Å². The van der Waals surface area contributed by atoms with E-state index in [-0.39, 0.29) is 5.91 Å². The zero-order valence-electron chi connectivity index (χ0n) is 13.6. The molecule has 1 amide bonds. The van der Waals surface area contributed by atoms with Crippen molar-refractivity contribution in [3.63, 3.8) is 0 Å². The third-order valence-corrected chi connectivity index (χ3v) is 4.58. The Morgan fingerprint density at radius 2 is 1.83 bits per heavy atom. The Hall–Kier alpha value is -2.23. The number of benzene rings is 1. The van der Waals surface area contributed by atoms with Crippen LogP contribution in [0.25, 0.3) is 17.1 Å². The van der Waals surface area contributed by atoms with Gasteiger partial charge in [0.2, 0.25) is 5.91 Å². The Bertz CT molecular complexity index is 703. The second kappa shape index (κ2) is 7.36. The third-order valence-electron chi connectivity index (χ3n) is 4.58. The summed E-state index contributed by atoms with van der Waals surface area (Å²) in [6.07, 6.45) is 12.3. The van der Waals surface area contributed by atoms with E-state index in [1.54, 1.807) is 18.3 Å². The van der Waals surface area contributed by atoms with Crippen LogP contribution in [0.1, 0.15) is 44.2 Å². The molecule has 0 saturated heterocycles. The first kappa shape index (κ1) is 15.7. The minimum Gasteiger partial charge on any atom is -0.339 e. The smallest absolute Gasteiger partial charge is 0.246 e. The van der Waals surface area contributed by atoms with Gasteiger partial charge in [0, 0.05) is 19.2 Å². The summed E-state index contributed by atoms with van der Waals surface area (Å²) in [6.45, 7) is 0. The Kier molecular flexibility index (Phi) is 5.01. The monoisotopic (exact) mass is 309 g/mol. The molecule has 0 radical (unpaired) electrons. The maximum atomic E-state index is 12.4. The lowest BCUT2D eigenvalue weighted by molar-refractivity contribution is -0.126. The highest BCUT2D eigenvalue weighted by Gasteiger charge is 2.19. The van der Waals surface area contributed by atoms with E-state index in [1.807, 2.05) is 36.2 Å². The number of likely N-dealkylation sites (N-methyl/N-ethyl adjacent to an activating group) is 1. The number of hydrogen-bond acceptors (Lipinski definition) is 3. The number of rotatable bonds is 3. The minimum atomic E-state index is 0.0480. The number of nitrogens with zero attached hydrogens (tertiary/aromatic N) is 3. The van der Waals surface area contributed by atoms with E-state index >= 15 is 0 Å². The summed E-state index contributed by atoms with van der Waals surface area (Å²) in [5.41, 5.74) is 2.43. The van der Waals surface area contributed by atoms with Crippen molar-refractivity contribution in [3.05, 3.63) is 42.2 Å². The van der Waals surface area contributed by atoms with Crippen molar-refractivity contribution >= 4 is 23.0 Å². The van der Waals surface area contributed by atoms with Crippen LogP contribution >= 0.6 is 0 Å². The van der Waals surface area contributed by atoms with E-state index in [1.165, 1.54) is 25.7 Å². The van der Waals surface area contributed by atoms with E-state index in [2.05, 4.69) is 9.97 Å². The summed E-state index contributed by atoms with van der Waals surface area (Å²) in [5.74, 6) is 0.0480. The van der Waals surface area contributed by atoms with Crippen LogP contribution in [-0.2, 0) is 4.79 Å². The number of carbonyl (C=O) groups is 1. The topological polar surface area (TPSA) is 46.1 Å². The number of hydrogen-bond donors (Lipinski definition) is 0. The molecule has 0 bridgehead atoms. The zero-order valence-corrected chi connectivity index (χ0v) is 13.6. The van der Waals surface area contributed by atoms with Crippen molar-refractivity contribution in [3.8, 4) is 0 Å². The molecule has 4 heteroatoms. The van der Waals surface area contributed by atoms with Gasteiger partial charge in [0.15, 0.2) is 0 Å². The van der Waals surface area contributed by atoms with E-state index < -0.39 is 0 Å². The van der Waals surface area contributed by atoms with Crippen molar-refractivity contribution in [2.45, 2.75) is 44.6 Å². The summed E-state index contributed by atoms with van der Waals surface area (Å²) in [5, 5.41) is 0. The highest BCUT2D eigenvalue weighted by Crippen LogP contribution is 2.21. The highest BCUT2D eigenvalue weighted by molar-refractivity contribution is 5.91. The zero-order chi connectivity index (χ0) is 16.1. The quantitative estimate of drug-likeness (QED) is 0.639. The SMILES string of the molecule is CN(C(=O)/C=C/c1cnc2ccccc2n1)C1CCCCCC1. The van der Waals surface area contributed by atoms with Crippen LogP contribution in [-0.4, -0.2) is 33.9 Å². The van der Waals surface area contributed by atoms with E-state index in [9.17, 15) is 4.79 Å². The Labute approximate surface area is 137 Å². The molecule has 1 aliphatic carbocycles. The van der Waals surface area contributed by atoms with Crippen LogP contribution in [0.15, 0.2) is 36.5 Å². The Balaban J connectivity index is 1.68. The summed E-state index contributed by atoms with van der Waals surface area (Å²) in [7, 11) is 1.91. The maximum absolute atomic E-state index is 12.4. The largest absolute Gasteiger partial charge is 0.339 e. The van der Waals surface area contributed by atoms with Gasteiger partial charge in [-0.15, -0.1) is 0 Å². The first-order valence-corrected chi connectivity index (χ1v) is 8.41. The van der Waals surface area contributed by atoms with Gasteiger partial charge in [0.05, 0.1) is 22.9 Å². The summed E-state index contributed by atoms with van der Waals surface area (Å²) in [4.78, 5) is 23.1. The molecule has 1 aromatic heterocycles. The van der Waals surface area contributed by atoms with Crippen molar-refractivity contribution < 1.29 is 4.79 Å². The molecule has 1 aliphatic rings. The standard InChI is InChI=1S/C19H23N3O/c1-22(16-8-4-2-3-5-9-16)19(23)13-12-15-14-20-17-10-6-7-11-18(17)21-15/h6-7,10-14,16H,2-5,8-9H2,1H3/b13-12+. The molecule has 1 saturated carbocycles. The first-order chi connectivity index (χ1) is 11.2. The minimum absolute atomic E-state index is 0.0480. The number of carbonyl (C=O) groups excluding carboxylic acids is 1. The molecule has 0 aliphatic heterocycles. The number of amides is 1. The van der Waals surface area contributed by atoms with Gasteiger partial charge in [-0.25, -0.2) is 4.98 Å². The second-order valence-corrected chi connectivity index (χ2v) is 6.21. The van der Waals surface area contributed by atoms with Gasteiger partial charge in [-0.05, 0) is 31.1 Å². The van der Waals surface area contributed by atoms with Gasteiger partial charge < -0.3 is 4.90 Å². The molecule has 0 unspecified atom stereocenters. The number of aromatic nitrogens is 2. The molecule has 23 heavy (non-hydrogen) atoms. The third kappa shape index (κ3) is 3.95. The van der Waals surface area contributed by atoms with Crippen LogP contribution in [0.3, 0.4) is 0 Å². The lowest BCUT2D eigenvalue weighted by Crippen LogP contribution is -2.35. The second-order valence-electron chi connectivity index (χ2n) is 6.21. The van der Waals surface area contributed by atoms with E-state index in [0.717, 1.165) is 23.9 Å². The molecule has 0 spiro atoms. The van der Waals surface area contributed by atoms with Crippen LogP contribution < -0.4 is 0 Å². The molecule has 2 aromatic rings. The molecule has 4 nitrogen and oxygen atoms in total. The molecule has 0 N–H and O–H groups in total. The molecule has 1 aromatic carbocycles. The van der Waals surface area contributed by atoms with Crippen LogP contribution in [0.2, 0.25) is 0 Å². The van der Waals surface area contributed by atoms with E-state index in [0.29, 0.717) is 11.7 Å². The van der Waals surface area contributed by atoms with Crippen molar-refractivity contribution in [1.29, 1.82) is 0 Å². The summed E-state index contributed by atoms with van der Waals surface area (Å²) < 4.78 is 0. The average Bonchev–Trinajstić information content (AvgIpc) is 2.88. The maximum Gasteiger partial charge on any atom is 0.246 e.